The maximum Gasteiger partial charge on any atom is 0.274 e. The number of nitrogens with one attached hydrogen (secondary N) is 1. The first-order valence-electron chi connectivity index (χ1n) is 5.83. The van der Waals surface area contributed by atoms with Crippen LogP contribution >= 0.6 is 0 Å². The summed E-state index contributed by atoms with van der Waals surface area (Å²) in [6, 6.07) is 11.8. The standard InChI is InChI=1S/C14H14N2O3/c1-10-13(6-3-7-14(10)16(18)19)15-9-11-4-2-5-12(17)8-11/h2-8,15,17H,9H2,1H3. The third kappa shape index (κ3) is 3.01. The van der Waals surface area contributed by atoms with Crippen molar-refractivity contribution >= 4 is 11.4 Å². The third-order valence-corrected chi connectivity index (χ3v) is 2.90. The Morgan fingerprint density at radius 2 is 2.00 bits per heavy atom. The van der Waals surface area contributed by atoms with Crippen LogP contribution in [0.1, 0.15) is 11.1 Å². The molecule has 19 heavy (non-hydrogen) atoms. The van der Waals surface area contributed by atoms with Crippen molar-refractivity contribution in [1.82, 2.24) is 0 Å². The van der Waals surface area contributed by atoms with Crippen LogP contribution in [0.3, 0.4) is 0 Å². The predicted molar refractivity (Wildman–Crippen MR) is 73.3 cm³/mol. The molecule has 0 saturated carbocycles. The molecule has 2 aromatic carbocycles. The lowest BCUT2D eigenvalue weighted by Gasteiger charge is -2.09. The molecule has 0 heterocycles. The van der Waals surface area contributed by atoms with Gasteiger partial charge in [0, 0.05) is 23.9 Å². The van der Waals surface area contributed by atoms with Crippen molar-refractivity contribution in [2.75, 3.05) is 5.32 Å². The number of hydrogen-bond acceptors (Lipinski definition) is 4. The minimum Gasteiger partial charge on any atom is -0.508 e. The summed E-state index contributed by atoms with van der Waals surface area (Å²) < 4.78 is 0. The molecule has 0 unspecified atom stereocenters. The Kier molecular flexibility index (Phi) is 3.66. The van der Waals surface area contributed by atoms with Crippen LogP contribution < -0.4 is 5.32 Å². The number of nitrogens with zero attached hydrogens (tertiary/aromatic N) is 1. The van der Waals surface area contributed by atoms with Crippen molar-refractivity contribution in [3.8, 4) is 5.75 Å². The molecule has 0 saturated heterocycles. The first kappa shape index (κ1) is 12.9. The number of phenols is 1. The van der Waals surface area contributed by atoms with Gasteiger partial charge < -0.3 is 10.4 Å². The normalized spacial score (nSPS) is 10.2. The van der Waals surface area contributed by atoms with Crippen LogP contribution in [0.5, 0.6) is 5.75 Å². The summed E-state index contributed by atoms with van der Waals surface area (Å²) in [7, 11) is 0. The summed E-state index contributed by atoms with van der Waals surface area (Å²) in [4.78, 5) is 10.4. The van der Waals surface area contributed by atoms with E-state index in [0.717, 1.165) is 11.3 Å². The van der Waals surface area contributed by atoms with E-state index in [1.54, 1.807) is 37.3 Å². The topological polar surface area (TPSA) is 75.4 Å². The Morgan fingerprint density at radius 3 is 2.68 bits per heavy atom. The highest BCUT2D eigenvalue weighted by atomic mass is 16.6. The van der Waals surface area contributed by atoms with Crippen LogP contribution in [0.2, 0.25) is 0 Å². The number of hydrogen-bond donors (Lipinski definition) is 2. The molecular formula is C14H14N2O3. The molecule has 0 radical (unpaired) electrons. The fourth-order valence-electron chi connectivity index (χ4n) is 1.88. The fraction of sp³-hybridized carbons (Fsp3) is 0.143. The van der Waals surface area contributed by atoms with Crippen molar-refractivity contribution in [3.63, 3.8) is 0 Å². The van der Waals surface area contributed by atoms with E-state index in [1.165, 1.54) is 6.07 Å². The number of benzene rings is 2. The maximum absolute atomic E-state index is 10.8. The molecule has 5 heteroatoms. The molecule has 5 nitrogen and oxygen atoms in total. The average molecular weight is 258 g/mol. The van der Waals surface area contributed by atoms with Crippen LogP contribution in [0.25, 0.3) is 0 Å². The van der Waals surface area contributed by atoms with Crippen molar-refractivity contribution in [3.05, 3.63) is 63.7 Å². The maximum atomic E-state index is 10.8. The van der Waals surface area contributed by atoms with E-state index in [4.69, 9.17) is 0 Å². The van der Waals surface area contributed by atoms with Crippen LogP contribution in [0.4, 0.5) is 11.4 Å². The fourth-order valence-corrected chi connectivity index (χ4v) is 1.88. The molecule has 0 atom stereocenters. The number of phenolic OH excluding ortho intramolecular Hbond substituents is 1. The first-order chi connectivity index (χ1) is 9.08. The molecule has 0 aromatic heterocycles. The van der Waals surface area contributed by atoms with Gasteiger partial charge in [-0.1, -0.05) is 18.2 Å². The highest BCUT2D eigenvalue weighted by Crippen LogP contribution is 2.25. The first-order valence-corrected chi connectivity index (χ1v) is 5.83. The number of nitro benzene ring substituents is 1. The predicted octanol–water partition coefficient (Wildman–Crippen LogP) is 3.22. The van der Waals surface area contributed by atoms with E-state index in [9.17, 15) is 15.2 Å². The van der Waals surface area contributed by atoms with Gasteiger partial charge in [0.15, 0.2) is 0 Å². The SMILES string of the molecule is Cc1c(NCc2cccc(O)c2)cccc1[N+](=O)[O-]. The second-order valence-electron chi connectivity index (χ2n) is 4.23. The van der Waals surface area contributed by atoms with Gasteiger partial charge in [-0.3, -0.25) is 10.1 Å². The molecule has 0 aliphatic carbocycles. The monoisotopic (exact) mass is 258 g/mol. The molecule has 0 aliphatic heterocycles. The van der Waals surface area contributed by atoms with Gasteiger partial charge in [0.25, 0.3) is 5.69 Å². The van der Waals surface area contributed by atoms with Crippen molar-refractivity contribution in [2.45, 2.75) is 13.5 Å². The van der Waals surface area contributed by atoms with Crippen LogP contribution in [-0.4, -0.2) is 10.0 Å². The van der Waals surface area contributed by atoms with E-state index in [1.807, 2.05) is 6.07 Å². The van der Waals surface area contributed by atoms with Crippen LogP contribution in [0.15, 0.2) is 42.5 Å². The quantitative estimate of drug-likeness (QED) is 0.652. The molecular weight excluding hydrogens is 244 g/mol. The largest absolute Gasteiger partial charge is 0.508 e. The summed E-state index contributed by atoms with van der Waals surface area (Å²) in [5.41, 5.74) is 2.33. The van der Waals surface area contributed by atoms with E-state index >= 15 is 0 Å². The number of anilines is 1. The van der Waals surface area contributed by atoms with Gasteiger partial charge in [-0.2, -0.15) is 0 Å². The molecule has 2 rings (SSSR count). The van der Waals surface area contributed by atoms with E-state index < -0.39 is 4.92 Å². The number of rotatable bonds is 4. The summed E-state index contributed by atoms with van der Waals surface area (Å²) in [5, 5.41) is 23.3. The van der Waals surface area contributed by atoms with Crippen LogP contribution in [-0.2, 0) is 6.54 Å². The van der Waals surface area contributed by atoms with E-state index in [2.05, 4.69) is 5.32 Å². The zero-order chi connectivity index (χ0) is 13.8. The van der Waals surface area contributed by atoms with Gasteiger partial charge in [0.1, 0.15) is 5.75 Å². The number of aromatic hydroxyl groups is 1. The highest BCUT2D eigenvalue weighted by molar-refractivity contribution is 5.59. The van der Waals surface area contributed by atoms with Crippen molar-refractivity contribution in [1.29, 1.82) is 0 Å². The Hall–Kier alpha value is -2.56. The average Bonchev–Trinajstić information content (AvgIpc) is 2.37. The molecule has 0 spiro atoms. The summed E-state index contributed by atoms with van der Waals surface area (Å²) in [6.07, 6.45) is 0. The molecule has 0 bridgehead atoms. The lowest BCUT2D eigenvalue weighted by atomic mass is 10.1. The van der Waals surface area contributed by atoms with Crippen LogP contribution in [0, 0.1) is 17.0 Å². The highest BCUT2D eigenvalue weighted by Gasteiger charge is 2.12. The number of nitro groups is 1. The van der Waals surface area contributed by atoms with Gasteiger partial charge in [-0.05, 0) is 30.7 Å². The summed E-state index contributed by atoms with van der Waals surface area (Å²) in [5.74, 6) is 0.204. The Morgan fingerprint density at radius 1 is 1.26 bits per heavy atom. The van der Waals surface area contributed by atoms with E-state index in [0.29, 0.717) is 12.1 Å². The molecule has 0 aliphatic rings. The van der Waals surface area contributed by atoms with Gasteiger partial charge >= 0.3 is 0 Å². The lowest BCUT2D eigenvalue weighted by Crippen LogP contribution is -2.02. The van der Waals surface area contributed by atoms with Gasteiger partial charge in [0.05, 0.1) is 4.92 Å². The van der Waals surface area contributed by atoms with E-state index in [-0.39, 0.29) is 11.4 Å². The Labute approximate surface area is 110 Å². The molecule has 2 N–H and O–H groups in total. The summed E-state index contributed by atoms with van der Waals surface area (Å²) in [6.45, 7) is 2.21. The molecule has 2 aromatic rings. The second-order valence-corrected chi connectivity index (χ2v) is 4.23. The van der Waals surface area contributed by atoms with Crippen molar-refractivity contribution < 1.29 is 10.0 Å². The van der Waals surface area contributed by atoms with Gasteiger partial charge in [0.2, 0.25) is 0 Å². The Balaban J connectivity index is 2.16. The zero-order valence-electron chi connectivity index (χ0n) is 10.5. The smallest absolute Gasteiger partial charge is 0.274 e. The lowest BCUT2D eigenvalue weighted by molar-refractivity contribution is -0.385. The third-order valence-electron chi connectivity index (χ3n) is 2.90. The zero-order valence-corrected chi connectivity index (χ0v) is 10.5. The van der Waals surface area contributed by atoms with Crippen molar-refractivity contribution in [2.24, 2.45) is 0 Å². The molecule has 98 valence electrons. The molecule has 0 fully saturated rings. The van der Waals surface area contributed by atoms with Gasteiger partial charge in [-0.25, -0.2) is 0 Å². The Bertz CT molecular complexity index is 611. The molecule has 0 amide bonds. The minimum atomic E-state index is -0.394. The summed E-state index contributed by atoms with van der Waals surface area (Å²) >= 11 is 0. The second kappa shape index (κ2) is 5.39. The minimum absolute atomic E-state index is 0.0981. The van der Waals surface area contributed by atoms with Gasteiger partial charge in [-0.15, -0.1) is 0 Å².